The summed E-state index contributed by atoms with van der Waals surface area (Å²) >= 11 is 0. The van der Waals surface area contributed by atoms with Crippen LogP contribution < -0.4 is 9.58 Å². The number of imidazole rings is 1. The molecule has 0 saturated carbocycles. The highest BCUT2D eigenvalue weighted by atomic mass is 15.4. The molecule has 0 aliphatic heterocycles. The number of para-hydroxylation sites is 1. The Kier molecular flexibility index (Phi) is 7.16. The molecule has 0 saturated heterocycles. The first-order chi connectivity index (χ1) is 13.3. The second-order valence-electron chi connectivity index (χ2n) is 6.69. The van der Waals surface area contributed by atoms with Gasteiger partial charge in [0, 0.05) is 50.1 Å². The summed E-state index contributed by atoms with van der Waals surface area (Å²) in [6.07, 6.45) is 16.9. The first-order valence-electron chi connectivity index (χ1n) is 9.59. The molecule has 27 heavy (non-hydrogen) atoms. The van der Waals surface area contributed by atoms with Crippen molar-refractivity contribution >= 4 is 11.9 Å². The summed E-state index contributed by atoms with van der Waals surface area (Å²) in [7, 11) is 1.96. The molecule has 5 nitrogen and oxygen atoms in total. The Morgan fingerprint density at radius 3 is 2.56 bits per heavy atom. The third-order valence-electron chi connectivity index (χ3n) is 4.57. The van der Waals surface area contributed by atoms with Crippen LogP contribution >= 0.6 is 0 Å². The number of hydrazone groups is 1. The van der Waals surface area contributed by atoms with E-state index in [1.165, 1.54) is 25.7 Å². The zero-order valence-corrected chi connectivity index (χ0v) is 16.0. The van der Waals surface area contributed by atoms with E-state index in [1.54, 1.807) is 0 Å². The predicted molar refractivity (Wildman–Crippen MR) is 110 cm³/mol. The quantitative estimate of drug-likeness (QED) is 0.237. The number of anilines is 1. The fourth-order valence-electron chi connectivity index (χ4n) is 2.93. The van der Waals surface area contributed by atoms with Crippen LogP contribution in [0.2, 0.25) is 0 Å². The number of rotatable bonds is 10. The van der Waals surface area contributed by atoms with E-state index in [-0.39, 0.29) is 0 Å². The average Bonchev–Trinajstić information content (AvgIpc) is 3.24. The van der Waals surface area contributed by atoms with Gasteiger partial charge in [0.1, 0.15) is 6.54 Å². The Labute approximate surface area is 161 Å². The van der Waals surface area contributed by atoms with E-state index in [2.05, 4.69) is 43.7 Å². The number of aromatic nitrogens is 3. The lowest BCUT2D eigenvalue weighted by atomic mass is 10.2. The maximum Gasteiger partial charge on any atom is 0.169 e. The second-order valence-corrected chi connectivity index (χ2v) is 6.69. The van der Waals surface area contributed by atoms with Crippen LogP contribution in [0.4, 0.5) is 5.69 Å². The van der Waals surface area contributed by atoms with Crippen molar-refractivity contribution in [3.8, 4) is 0 Å². The predicted octanol–water partition coefficient (Wildman–Crippen LogP) is 3.90. The summed E-state index contributed by atoms with van der Waals surface area (Å²) in [5, 5.41) is 6.38. The average molecular weight is 363 g/mol. The van der Waals surface area contributed by atoms with Crippen LogP contribution in [0.3, 0.4) is 0 Å². The van der Waals surface area contributed by atoms with Crippen LogP contribution in [0, 0.1) is 0 Å². The minimum absolute atomic E-state index is 1.06. The van der Waals surface area contributed by atoms with Crippen LogP contribution in [0.1, 0.15) is 31.2 Å². The highest BCUT2D eigenvalue weighted by Gasteiger charge is 2.01. The van der Waals surface area contributed by atoms with E-state index in [0.717, 1.165) is 24.3 Å². The lowest BCUT2D eigenvalue weighted by Crippen LogP contribution is -2.32. The lowest BCUT2D eigenvalue weighted by molar-refractivity contribution is -0.697. The number of hydrogen-bond acceptors (Lipinski definition) is 3. The van der Waals surface area contributed by atoms with Crippen LogP contribution in [0.15, 0.2) is 78.7 Å². The molecule has 0 aliphatic carbocycles. The molecular formula is C22H28N5+. The molecule has 0 amide bonds. The number of hydrogen-bond donors (Lipinski definition) is 0. The third kappa shape index (κ3) is 6.37. The van der Waals surface area contributed by atoms with E-state index in [9.17, 15) is 0 Å². The van der Waals surface area contributed by atoms with Crippen molar-refractivity contribution in [2.75, 3.05) is 12.1 Å². The number of nitrogens with zero attached hydrogens (tertiary/aromatic N) is 5. The van der Waals surface area contributed by atoms with Gasteiger partial charge < -0.3 is 4.57 Å². The van der Waals surface area contributed by atoms with Crippen molar-refractivity contribution in [1.82, 2.24) is 9.55 Å². The lowest BCUT2D eigenvalue weighted by Gasteiger charge is -2.11. The maximum absolute atomic E-state index is 4.50. The first-order valence-corrected chi connectivity index (χ1v) is 9.59. The molecule has 140 valence electrons. The van der Waals surface area contributed by atoms with Gasteiger partial charge in [-0.15, -0.1) is 0 Å². The molecule has 0 unspecified atom stereocenters. The minimum atomic E-state index is 1.06. The fourth-order valence-corrected chi connectivity index (χ4v) is 2.93. The Hall–Kier alpha value is -2.95. The normalized spacial score (nSPS) is 11.1. The van der Waals surface area contributed by atoms with E-state index in [0.29, 0.717) is 0 Å². The van der Waals surface area contributed by atoms with Gasteiger partial charge in [0.2, 0.25) is 0 Å². The van der Waals surface area contributed by atoms with Gasteiger partial charge in [0.15, 0.2) is 12.4 Å². The van der Waals surface area contributed by atoms with E-state index >= 15 is 0 Å². The van der Waals surface area contributed by atoms with Crippen molar-refractivity contribution in [3.05, 3.63) is 79.1 Å². The van der Waals surface area contributed by atoms with Gasteiger partial charge in [0.25, 0.3) is 0 Å². The molecule has 1 aromatic carbocycles. The standard InChI is InChI=1S/C22H28N5/c1-25(22-9-5-4-6-10-22)24-19-21-11-16-26(17-12-21)14-7-2-3-8-15-27-18-13-23-20-27/h4-6,9-13,16-20H,2-3,7-8,14-15H2,1H3/q+1. The zero-order chi connectivity index (χ0) is 18.7. The topological polar surface area (TPSA) is 37.3 Å². The van der Waals surface area contributed by atoms with Gasteiger partial charge >= 0.3 is 0 Å². The van der Waals surface area contributed by atoms with Gasteiger partial charge in [-0.05, 0) is 25.0 Å². The van der Waals surface area contributed by atoms with E-state index in [4.69, 9.17) is 0 Å². The molecule has 0 bridgehead atoms. The second kappa shape index (κ2) is 10.3. The number of unbranched alkanes of at least 4 members (excludes halogenated alkanes) is 3. The van der Waals surface area contributed by atoms with Crippen LogP contribution in [0.25, 0.3) is 0 Å². The highest BCUT2D eigenvalue weighted by Crippen LogP contribution is 2.10. The van der Waals surface area contributed by atoms with Crippen molar-refractivity contribution in [2.45, 2.75) is 38.8 Å². The summed E-state index contributed by atoms with van der Waals surface area (Å²) in [5.41, 5.74) is 2.18. The van der Waals surface area contributed by atoms with Gasteiger partial charge in [0.05, 0.1) is 18.2 Å². The zero-order valence-electron chi connectivity index (χ0n) is 16.0. The molecule has 2 aromatic heterocycles. The van der Waals surface area contributed by atoms with Crippen molar-refractivity contribution in [1.29, 1.82) is 0 Å². The van der Waals surface area contributed by atoms with Crippen molar-refractivity contribution in [3.63, 3.8) is 0 Å². The van der Waals surface area contributed by atoms with Gasteiger partial charge in [-0.3, -0.25) is 5.01 Å². The van der Waals surface area contributed by atoms with E-state index < -0.39 is 0 Å². The Balaban J connectivity index is 1.36. The Bertz CT molecular complexity index is 794. The summed E-state index contributed by atoms with van der Waals surface area (Å²) in [4.78, 5) is 4.07. The fraction of sp³-hybridized carbons (Fsp3) is 0.318. The van der Waals surface area contributed by atoms with Gasteiger partial charge in [-0.1, -0.05) is 24.6 Å². The molecule has 0 spiro atoms. The number of aryl methyl sites for hydroxylation is 2. The summed E-state index contributed by atoms with van der Waals surface area (Å²) < 4.78 is 4.39. The van der Waals surface area contributed by atoms with Gasteiger partial charge in [-0.25, -0.2) is 9.55 Å². The largest absolute Gasteiger partial charge is 0.337 e. The van der Waals surface area contributed by atoms with Crippen LogP contribution in [-0.2, 0) is 13.1 Å². The Morgan fingerprint density at radius 1 is 1.04 bits per heavy atom. The maximum atomic E-state index is 4.50. The summed E-state index contributed by atoms with van der Waals surface area (Å²) in [5.74, 6) is 0. The summed E-state index contributed by atoms with van der Waals surface area (Å²) in [6.45, 7) is 2.13. The molecule has 5 heteroatoms. The SMILES string of the molecule is CN(/N=C/c1cc[n+](CCCCCCn2ccnc2)cc1)c1ccccc1. The van der Waals surface area contributed by atoms with E-state index in [1.807, 2.05) is 67.3 Å². The molecule has 0 fully saturated rings. The molecule has 3 aromatic rings. The molecule has 0 atom stereocenters. The van der Waals surface area contributed by atoms with Crippen LogP contribution in [0.5, 0.6) is 0 Å². The smallest absolute Gasteiger partial charge is 0.169 e. The summed E-state index contributed by atoms with van der Waals surface area (Å²) in [6, 6.07) is 14.4. The van der Waals surface area contributed by atoms with Crippen molar-refractivity contribution < 1.29 is 4.57 Å². The minimum Gasteiger partial charge on any atom is -0.337 e. The molecule has 0 N–H and O–H groups in total. The molecular weight excluding hydrogens is 334 g/mol. The number of benzene rings is 1. The highest BCUT2D eigenvalue weighted by molar-refractivity contribution is 5.79. The van der Waals surface area contributed by atoms with Crippen LogP contribution in [-0.4, -0.2) is 22.8 Å². The first kappa shape index (κ1) is 18.8. The monoisotopic (exact) mass is 362 g/mol. The molecule has 0 aliphatic rings. The number of pyridine rings is 1. The third-order valence-corrected chi connectivity index (χ3v) is 4.57. The van der Waals surface area contributed by atoms with Gasteiger partial charge in [-0.2, -0.15) is 5.10 Å². The molecule has 0 radical (unpaired) electrons. The Morgan fingerprint density at radius 2 is 1.81 bits per heavy atom. The molecule has 3 rings (SSSR count). The molecule has 2 heterocycles. The van der Waals surface area contributed by atoms with Crippen molar-refractivity contribution in [2.24, 2.45) is 5.10 Å².